The summed E-state index contributed by atoms with van der Waals surface area (Å²) in [5.41, 5.74) is 5.91. The molecule has 0 amide bonds. The quantitative estimate of drug-likeness (QED) is 0.613. The van der Waals surface area contributed by atoms with Gasteiger partial charge in [0, 0.05) is 11.6 Å². The Labute approximate surface area is 99.6 Å². The largest absolute Gasteiger partial charge is 0.324 e. The standard InChI is InChI=1S/C12H16ClF2N/c1-2-3-4-5-10(16)11-8(14)6-7-9(15)12(11)13/h6-7,10H,2-5,16H2,1H3/t10-/m1/s1. The molecular weight excluding hydrogens is 232 g/mol. The zero-order valence-electron chi connectivity index (χ0n) is 9.27. The topological polar surface area (TPSA) is 26.0 Å². The van der Waals surface area contributed by atoms with Crippen molar-refractivity contribution >= 4 is 11.6 Å². The Morgan fingerprint density at radius 3 is 2.50 bits per heavy atom. The predicted octanol–water partition coefficient (Wildman–Crippen LogP) is 4.20. The Hall–Kier alpha value is -0.670. The van der Waals surface area contributed by atoms with Crippen LogP contribution in [-0.4, -0.2) is 0 Å². The van der Waals surface area contributed by atoms with Crippen molar-refractivity contribution in [3.05, 3.63) is 34.4 Å². The number of benzene rings is 1. The van der Waals surface area contributed by atoms with Crippen molar-refractivity contribution < 1.29 is 8.78 Å². The van der Waals surface area contributed by atoms with E-state index >= 15 is 0 Å². The monoisotopic (exact) mass is 247 g/mol. The molecular formula is C12H16ClF2N. The van der Waals surface area contributed by atoms with Gasteiger partial charge < -0.3 is 5.73 Å². The van der Waals surface area contributed by atoms with Crippen LogP contribution in [0.25, 0.3) is 0 Å². The molecule has 1 rings (SSSR count). The molecule has 0 aliphatic heterocycles. The van der Waals surface area contributed by atoms with Gasteiger partial charge in [0.25, 0.3) is 0 Å². The van der Waals surface area contributed by atoms with Crippen LogP contribution in [0.15, 0.2) is 12.1 Å². The second kappa shape index (κ2) is 6.16. The SMILES string of the molecule is CCCCC[C@@H](N)c1c(F)ccc(F)c1Cl. The van der Waals surface area contributed by atoms with Gasteiger partial charge in [0.05, 0.1) is 5.02 Å². The van der Waals surface area contributed by atoms with Crippen molar-refractivity contribution in [2.45, 2.75) is 38.6 Å². The second-order valence-electron chi connectivity index (χ2n) is 3.86. The molecule has 16 heavy (non-hydrogen) atoms. The predicted molar refractivity (Wildman–Crippen MR) is 62.4 cm³/mol. The van der Waals surface area contributed by atoms with E-state index in [1.54, 1.807) is 0 Å². The highest BCUT2D eigenvalue weighted by Gasteiger charge is 2.17. The Morgan fingerprint density at radius 1 is 1.25 bits per heavy atom. The fourth-order valence-corrected chi connectivity index (χ4v) is 1.93. The van der Waals surface area contributed by atoms with Crippen LogP contribution in [0.5, 0.6) is 0 Å². The summed E-state index contributed by atoms with van der Waals surface area (Å²) in [6, 6.07) is 1.55. The van der Waals surface area contributed by atoms with E-state index in [2.05, 4.69) is 6.92 Å². The number of hydrogen-bond acceptors (Lipinski definition) is 1. The molecule has 90 valence electrons. The van der Waals surface area contributed by atoms with Crippen molar-refractivity contribution in [1.82, 2.24) is 0 Å². The molecule has 0 aliphatic carbocycles. The average Bonchev–Trinajstić information content (AvgIpc) is 2.24. The van der Waals surface area contributed by atoms with Crippen LogP contribution in [0.2, 0.25) is 5.02 Å². The van der Waals surface area contributed by atoms with Crippen LogP contribution >= 0.6 is 11.6 Å². The highest BCUT2D eigenvalue weighted by molar-refractivity contribution is 6.31. The molecule has 0 spiro atoms. The van der Waals surface area contributed by atoms with Crippen LogP contribution < -0.4 is 5.73 Å². The smallest absolute Gasteiger partial charge is 0.142 e. The molecule has 0 bridgehead atoms. The average molecular weight is 248 g/mol. The maximum atomic E-state index is 13.5. The first-order valence-corrected chi connectivity index (χ1v) is 5.84. The van der Waals surface area contributed by atoms with E-state index in [1.807, 2.05) is 0 Å². The molecule has 1 atom stereocenters. The molecule has 0 aromatic heterocycles. The van der Waals surface area contributed by atoms with Crippen LogP contribution in [0.1, 0.15) is 44.2 Å². The van der Waals surface area contributed by atoms with Crippen LogP contribution in [-0.2, 0) is 0 Å². The summed E-state index contributed by atoms with van der Waals surface area (Å²) in [6.45, 7) is 2.07. The van der Waals surface area contributed by atoms with Gasteiger partial charge in [-0.3, -0.25) is 0 Å². The maximum Gasteiger partial charge on any atom is 0.142 e. The first-order valence-electron chi connectivity index (χ1n) is 5.46. The number of hydrogen-bond donors (Lipinski definition) is 1. The lowest BCUT2D eigenvalue weighted by Gasteiger charge is -2.14. The Kier molecular flexibility index (Phi) is 5.16. The van der Waals surface area contributed by atoms with Gasteiger partial charge in [-0.25, -0.2) is 8.78 Å². The van der Waals surface area contributed by atoms with Gasteiger partial charge in [-0.05, 0) is 18.6 Å². The van der Waals surface area contributed by atoms with Crippen LogP contribution in [0.4, 0.5) is 8.78 Å². The third-order valence-corrected chi connectivity index (χ3v) is 2.95. The number of unbranched alkanes of at least 4 members (excludes halogenated alkanes) is 2. The van der Waals surface area contributed by atoms with Gasteiger partial charge in [0.15, 0.2) is 0 Å². The Morgan fingerprint density at radius 2 is 1.88 bits per heavy atom. The minimum absolute atomic E-state index is 0.0952. The van der Waals surface area contributed by atoms with E-state index in [0.717, 1.165) is 31.4 Å². The van der Waals surface area contributed by atoms with Crippen molar-refractivity contribution in [1.29, 1.82) is 0 Å². The van der Waals surface area contributed by atoms with E-state index in [0.29, 0.717) is 6.42 Å². The van der Waals surface area contributed by atoms with Crippen molar-refractivity contribution in [2.24, 2.45) is 5.73 Å². The maximum absolute atomic E-state index is 13.5. The molecule has 0 aliphatic rings. The third-order valence-electron chi connectivity index (χ3n) is 2.57. The van der Waals surface area contributed by atoms with Crippen molar-refractivity contribution in [2.75, 3.05) is 0 Å². The van der Waals surface area contributed by atoms with Gasteiger partial charge in [0.2, 0.25) is 0 Å². The van der Waals surface area contributed by atoms with E-state index in [4.69, 9.17) is 17.3 Å². The van der Waals surface area contributed by atoms with E-state index in [9.17, 15) is 8.78 Å². The molecule has 1 aromatic rings. The number of rotatable bonds is 5. The third kappa shape index (κ3) is 3.16. The van der Waals surface area contributed by atoms with E-state index in [1.165, 1.54) is 0 Å². The van der Waals surface area contributed by atoms with Gasteiger partial charge in [-0.1, -0.05) is 37.8 Å². The Bertz CT molecular complexity index is 355. The molecule has 1 aromatic carbocycles. The highest BCUT2D eigenvalue weighted by atomic mass is 35.5. The molecule has 0 unspecified atom stereocenters. The number of nitrogens with two attached hydrogens (primary N) is 1. The minimum atomic E-state index is -0.621. The lowest BCUT2D eigenvalue weighted by Crippen LogP contribution is -2.13. The van der Waals surface area contributed by atoms with Gasteiger partial charge in [0.1, 0.15) is 11.6 Å². The van der Waals surface area contributed by atoms with Crippen LogP contribution in [0, 0.1) is 11.6 Å². The molecule has 0 fully saturated rings. The molecule has 0 saturated heterocycles. The van der Waals surface area contributed by atoms with Crippen molar-refractivity contribution in [3.8, 4) is 0 Å². The van der Waals surface area contributed by atoms with Gasteiger partial charge in [-0.2, -0.15) is 0 Å². The Balaban J connectivity index is 2.81. The summed E-state index contributed by atoms with van der Waals surface area (Å²) in [4.78, 5) is 0. The van der Waals surface area contributed by atoms with Gasteiger partial charge >= 0.3 is 0 Å². The first-order chi connectivity index (χ1) is 7.57. The molecule has 0 heterocycles. The summed E-state index contributed by atoms with van der Waals surface area (Å²) in [5, 5.41) is -0.191. The molecule has 2 N–H and O–H groups in total. The lowest BCUT2D eigenvalue weighted by molar-refractivity contribution is 0.529. The van der Waals surface area contributed by atoms with E-state index in [-0.39, 0.29) is 10.6 Å². The summed E-state index contributed by atoms with van der Waals surface area (Å²) in [6.07, 6.45) is 3.60. The molecule has 4 heteroatoms. The zero-order valence-corrected chi connectivity index (χ0v) is 10.0. The zero-order chi connectivity index (χ0) is 12.1. The van der Waals surface area contributed by atoms with Crippen LogP contribution in [0.3, 0.4) is 0 Å². The summed E-state index contributed by atoms with van der Waals surface area (Å²) in [5.74, 6) is -1.15. The molecule has 0 saturated carbocycles. The van der Waals surface area contributed by atoms with E-state index < -0.39 is 17.7 Å². The first kappa shape index (κ1) is 13.4. The molecule has 1 nitrogen and oxygen atoms in total. The van der Waals surface area contributed by atoms with Gasteiger partial charge in [-0.15, -0.1) is 0 Å². The second-order valence-corrected chi connectivity index (χ2v) is 4.24. The van der Waals surface area contributed by atoms with Crippen molar-refractivity contribution in [3.63, 3.8) is 0 Å². The summed E-state index contributed by atoms with van der Waals surface area (Å²) >= 11 is 5.71. The number of halogens is 3. The highest BCUT2D eigenvalue weighted by Crippen LogP contribution is 2.29. The molecule has 0 radical (unpaired) electrons. The summed E-state index contributed by atoms with van der Waals surface area (Å²) in [7, 11) is 0. The lowest BCUT2D eigenvalue weighted by atomic mass is 10.0. The normalized spacial score (nSPS) is 12.8. The fraction of sp³-hybridized carbons (Fsp3) is 0.500. The minimum Gasteiger partial charge on any atom is -0.324 e. The fourth-order valence-electron chi connectivity index (χ4n) is 1.64. The summed E-state index contributed by atoms with van der Waals surface area (Å²) < 4.78 is 26.6.